The zero-order valence-electron chi connectivity index (χ0n) is 11.3. The van der Waals surface area contributed by atoms with E-state index in [0.29, 0.717) is 19.7 Å². The number of amides is 1. The minimum absolute atomic E-state index is 0.0915. The van der Waals surface area contributed by atoms with Crippen LogP contribution in [0, 0.1) is 0 Å². The quantitative estimate of drug-likeness (QED) is 0.784. The summed E-state index contributed by atoms with van der Waals surface area (Å²) >= 11 is 0. The number of aromatic nitrogens is 1. The minimum atomic E-state index is 0.0915. The standard InChI is InChI=1S/C15H18N2O2/c1-11-10-17(7-8-19-11)15(18)14-9-12-5-3-4-6-13(12)16(14)2/h3-6,9,11H,7-8,10H2,1-2H3/t11-/m0/s1. The van der Waals surface area contributed by atoms with Gasteiger partial charge in [0, 0.05) is 31.0 Å². The molecule has 0 radical (unpaired) electrons. The zero-order chi connectivity index (χ0) is 13.4. The van der Waals surface area contributed by atoms with E-state index < -0.39 is 0 Å². The van der Waals surface area contributed by atoms with Crippen molar-refractivity contribution >= 4 is 16.8 Å². The van der Waals surface area contributed by atoms with E-state index in [2.05, 4.69) is 0 Å². The molecule has 4 heteroatoms. The van der Waals surface area contributed by atoms with Gasteiger partial charge in [-0.3, -0.25) is 4.79 Å². The number of nitrogens with zero attached hydrogens (tertiary/aromatic N) is 2. The normalized spacial score (nSPS) is 19.9. The van der Waals surface area contributed by atoms with Crippen LogP contribution in [0.25, 0.3) is 10.9 Å². The van der Waals surface area contributed by atoms with Crippen LogP contribution in [0.1, 0.15) is 17.4 Å². The molecule has 0 saturated carbocycles. The molecule has 1 aromatic carbocycles. The molecule has 1 fully saturated rings. The van der Waals surface area contributed by atoms with Crippen LogP contribution in [0.2, 0.25) is 0 Å². The SMILES string of the molecule is C[C@H]1CN(C(=O)c2cc3ccccc3n2C)CCO1. The summed E-state index contributed by atoms with van der Waals surface area (Å²) in [7, 11) is 1.94. The molecule has 1 aliphatic rings. The lowest BCUT2D eigenvalue weighted by Gasteiger charge is -2.31. The fraction of sp³-hybridized carbons (Fsp3) is 0.400. The summed E-state index contributed by atoms with van der Waals surface area (Å²) in [6.45, 7) is 3.96. The lowest BCUT2D eigenvalue weighted by molar-refractivity contribution is -0.0127. The first-order valence-electron chi connectivity index (χ1n) is 6.62. The highest BCUT2D eigenvalue weighted by molar-refractivity contribution is 5.98. The van der Waals surface area contributed by atoms with Crippen molar-refractivity contribution in [2.45, 2.75) is 13.0 Å². The summed E-state index contributed by atoms with van der Waals surface area (Å²) in [5, 5.41) is 1.11. The molecule has 0 unspecified atom stereocenters. The van der Waals surface area contributed by atoms with Crippen molar-refractivity contribution in [1.82, 2.24) is 9.47 Å². The molecule has 2 aromatic rings. The van der Waals surface area contributed by atoms with Gasteiger partial charge in [0.05, 0.1) is 12.7 Å². The highest BCUT2D eigenvalue weighted by Crippen LogP contribution is 2.20. The Morgan fingerprint density at radius 2 is 2.16 bits per heavy atom. The average molecular weight is 258 g/mol. The number of hydrogen-bond acceptors (Lipinski definition) is 2. The molecule has 0 bridgehead atoms. The van der Waals surface area contributed by atoms with E-state index in [9.17, 15) is 4.79 Å². The topological polar surface area (TPSA) is 34.5 Å². The molecule has 1 aliphatic heterocycles. The van der Waals surface area contributed by atoms with Crippen molar-refractivity contribution in [3.8, 4) is 0 Å². The van der Waals surface area contributed by atoms with Crippen LogP contribution in [0.15, 0.2) is 30.3 Å². The molecule has 100 valence electrons. The van der Waals surface area contributed by atoms with E-state index in [1.165, 1.54) is 0 Å². The molecule has 4 nitrogen and oxygen atoms in total. The fourth-order valence-corrected chi connectivity index (χ4v) is 2.66. The smallest absolute Gasteiger partial charge is 0.270 e. The van der Waals surface area contributed by atoms with Gasteiger partial charge >= 0.3 is 0 Å². The lowest BCUT2D eigenvalue weighted by atomic mass is 10.2. The highest BCUT2D eigenvalue weighted by Gasteiger charge is 2.24. The number of fused-ring (bicyclic) bond motifs is 1. The third kappa shape index (κ3) is 2.12. The number of para-hydroxylation sites is 1. The average Bonchev–Trinajstić information content (AvgIpc) is 2.76. The van der Waals surface area contributed by atoms with Crippen LogP contribution >= 0.6 is 0 Å². The number of hydrogen-bond donors (Lipinski definition) is 0. The van der Waals surface area contributed by atoms with Gasteiger partial charge in [-0.2, -0.15) is 0 Å². The molecular weight excluding hydrogens is 240 g/mol. The highest BCUT2D eigenvalue weighted by atomic mass is 16.5. The Morgan fingerprint density at radius 1 is 1.37 bits per heavy atom. The monoisotopic (exact) mass is 258 g/mol. The van der Waals surface area contributed by atoms with Crippen LogP contribution in [-0.4, -0.2) is 41.2 Å². The van der Waals surface area contributed by atoms with E-state index >= 15 is 0 Å². The van der Waals surface area contributed by atoms with E-state index in [4.69, 9.17) is 4.74 Å². The summed E-state index contributed by atoms with van der Waals surface area (Å²) in [6, 6.07) is 10.0. The summed E-state index contributed by atoms with van der Waals surface area (Å²) in [4.78, 5) is 14.5. The number of carbonyl (C=O) groups excluding carboxylic acids is 1. The second-order valence-corrected chi connectivity index (χ2v) is 5.08. The Hall–Kier alpha value is -1.81. The summed E-state index contributed by atoms with van der Waals surface area (Å²) in [5.41, 5.74) is 1.84. The van der Waals surface area contributed by atoms with E-state index in [0.717, 1.165) is 16.6 Å². The van der Waals surface area contributed by atoms with Crippen molar-refractivity contribution < 1.29 is 9.53 Å². The number of rotatable bonds is 1. The Labute approximate surface area is 112 Å². The molecule has 0 aliphatic carbocycles. The van der Waals surface area contributed by atoms with Gasteiger partial charge < -0.3 is 14.2 Å². The largest absolute Gasteiger partial charge is 0.375 e. The maximum absolute atomic E-state index is 12.6. The molecular formula is C15H18N2O2. The van der Waals surface area contributed by atoms with Crippen molar-refractivity contribution in [1.29, 1.82) is 0 Å². The first kappa shape index (κ1) is 12.2. The molecule has 1 aromatic heterocycles. The summed E-state index contributed by atoms with van der Waals surface area (Å²) < 4.78 is 7.45. The Bertz CT molecular complexity index is 618. The molecule has 3 rings (SSSR count). The van der Waals surface area contributed by atoms with Crippen molar-refractivity contribution in [3.05, 3.63) is 36.0 Å². The van der Waals surface area contributed by atoms with Gasteiger partial charge in [-0.05, 0) is 19.1 Å². The number of morpholine rings is 1. The lowest BCUT2D eigenvalue weighted by Crippen LogP contribution is -2.45. The van der Waals surface area contributed by atoms with Crippen molar-refractivity contribution in [3.63, 3.8) is 0 Å². The van der Waals surface area contributed by atoms with Gasteiger partial charge in [0.1, 0.15) is 5.69 Å². The third-order valence-electron chi connectivity index (χ3n) is 3.70. The van der Waals surface area contributed by atoms with Gasteiger partial charge in [0.15, 0.2) is 0 Å². The second-order valence-electron chi connectivity index (χ2n) is 5.08. The van der Waals surface area contributed by atoms with Gasteiger partial charge in [0.25, 0.3) is 5.91 Å². The number of aryl methyl sites for hydroxylation is 1. The van der Waals surface area contributed by atoms with Crippen LogP contribution in [0.4, 0.5) is 0 Å². The van der Waals surface area contributed by atoms with Crippen LogP contribution in [0.3, 0.4) is 0 Å². The first-order chi connectivity index (χ1) is 9.16. The van der Waals surface area contributed by atoms with Crippen molar-refractivity contribution in [2.75, 3.05) is 19.7 Å². The van der Waals surface area contributed by atoms with E-state index in [-0.39, 0.29) is 12.0 Å². The van der Waals surface area contributed by atoms with Crippen LogP contribution in [0.5, 0.6) is 0 Å². The summed E-state index contributed by atoms with van der Waals surface area (Å²) in [6.07, 6.45) is 0.118. The summed E-state index contributed by atoms with van der Waals surface area (Å²) in [5.74, 6) is 0.0915. The van der Waals surface area contributed by atoms with E-state index in [1.54, 1.807) is 0 Å². The second kappa shape index (κ2) is 4.70. The van der Waals surface area contributed by atoms with Gasteiger partial charge in [0.2, 0.25) is 0 Å². The third-order valence-corrected chi connectivity index (χ3v) is 3.70. The number of benzene rings is 1. The molecule has 1 amide bonds. The molecule has 1 atom stereocenters. The predicted molar refractivity (Wildman–Crippen MR) is 74.2 cm³/mol. The molecule has 2 heterocycles. The Morgan fingerprint density at radius 3 is 2.89 bits per heavy atom. The van der Waals surface area contributed by atoms with Gasteiger partial charge in [-0.15, -0.1) is 0 Å². The number of carbonyl (C=O) groups is 1. The minimum Gasteiger partial charge on any atom is -0.375 e. The fourth-order valence-electron chi connectivity index (χ4n) is 2.66. The van der Waals surface area contributed by atoms with Crippen LogP contribution in [-0.2, 0) is 11.8 Å². The molecule has 0 N–H and O–H groups in total. The molecule has 0 spiro atoms. The maximum atomic E-state index is 12.6. The number of ether oxygens (including phenoxy) is 1. The van der Waals surface area contributed by atoms with Crippen molar-refractivity contribution in [2.24, 2.45) is 7.05 Å². The maximum Gasteiger partial charge on any atom is 0.270 e. The Balaban J connectivity index is 1.95. The molecule has 19 heavy (non-hydrogen) atoms. The molecule has 1 saturated heterocycles. The predicted octanol–water partition coefficient (Wildman–Crippen LogP) is 2.04. The first-order valence-corrected chi connectivity index (χ1v) is 6.62. The zero-order valence-corrected chi connectivity index (χ0v) is 11.3. The van der Waals surface area contributed by atoms with Gasteiger partial charge in [-0.25, -0.2) is 0 Å². The van der Waals surface area contributed by atoms with Gasteiger partial charge in [-0.1, -0.05) is 18.2 Å². The van der Waals surface area contributed by atoms with E-state index in [1.807, 2.05) is 53.8 Å². The Kier molecular flexibility index (Phi) is 3.03. The van der Waals surface area contributed by atoms with Crippen LogP contribution < -0.4 is 0 Å².